The molecule has 0 amide bonds. The lowest BCUT2D eigenvalue weighted by Crippen LogP contribution is -2.07. The summed E-state index contributed by atoms with van der Waals surface area (Å²) in [6.45, 7) is 1.95. The van der Waals surface area contributed by atoms with Crippen molar-refractivity contribution in [3.8, 4) is 0 Å². The monoisotopic (exact) mass is 290 g/mol. The zero-order valence-electron chi connectivity index (χ0n) is 8.64. The van der Waals surface area contributed by atoms with Crippen molar-refractivity contribution in [2.75, 3.05) is 7.11 Å². The molecule has 0 unspecified atom stereocenters. The average Bonchev–Trinajstić information content (AvgIpc) is 2.17. The van der Waals surface area contributed by atoms with E-state index in [2.05, 4.69) is 20.7 Å². The molecule has 0 aliphatic heterocycles. The maximum Gasteiger partial charge on any atom is 0.309 e. The van der Waals surface area contributed by atoms with Crippen LogP contribution in [0.5, 0.6) is 0 Å². The fourth-order valence-electron chi connectivity index (χ4n) is 1.38. The Morgan fingerprint density at radius 3 is 2.73 bits per heavy atom. The highest BCUT2D eigenvalue weighted by Crippen LogP contribution is 2.25. The molecule has 15 heavy (non-hydrogen) atoms. The standard InChI is InChI=1S/C11H12BrClO2/c1-7-3-8(5-11(14)15-2)9(6-12)10(13)4-7/h3-4H,5-6H2,1-2H3. The van der Waals surface area contributed by atoms with Gasteiger partial charge >= 0.3 is 5.97 Å². The molecular weight excluding hydrogens is 279 g/mol. The van der Waals surface area contributed by atoms with Gasteiger partial charge in [0.2, 0.25) is 0 Å². The van der Waals surface area contributed by atoms with Gasteiger partial charge in [-0.2, -0.15) is 0 Å². The molecule has 0 heterocycles. The van der Waals surface area contributed by atoms with Gasteiger partial charge in [-0.25, -0.2) is 0 Å². The molecule has 0 N–H and O–H groups in total. The summed E-state index contributed by atoms with van der Waals surface area (Å²) in [5, 5.41) is 1.32. The van der Waals surface area contributed by atoms with Gasteiger partial charge in [0.15, 0.2) is 0 Å². The lowest BCUT2D eigenvalue weighted by Gasteiger charge is -2.09. The number of carbonyl (C=O) groups excluding carboxylic acids is 1. The van der Waals surface area contributed by atoms with Crippen LogP contribution >= 0.6 is 27.5 Å². The minimum Gasteiger partial charge on any atom is -0.469 e. The minimum absolute atomic E-state index is 0.251. The summed E-state index contributed by atoms with van der Waals surface area (Å²) in [6.07, 6.45) is 0.263. The van der Waals surface area contributed by atoms with Crippen molar-refractivity contribution in [2.45, 2.75) is 18.7 Å². The first-order chi connectivity index (χ1) is 7.08. The maximum atomic E-state index is 11.2. The summed E-state index contributed by atoms with van der Waals surface area (Å²) in [5.74, 6) is -0.251. The summed E-state index contributed by atoms with van der Waals surface area (Å²) < 4.78 is 4.64. The molecule has 1 aromatic carbocycles. The van der Waals surface area contributed by atoms with Crippen LogP contribution in [0, 0.1) is 6.92 Å². The molecule has 0 bridgehead atoms. The maximum absolute atomic E-state index is 11.2. The molecular formula is C11H12BrClO2. The predicted octanol–water partition coefficient (Wildman–Crippen LogP) is 3.26. The largest absolute Gasteiger partial charge is 0.469 e. The van der Waals surface area contributed by atoms with E-state index >= 15 is 0 Å². The van der Waals surface area contributed by atoms with Gasteiger partial charge < -0.3 is 4.74 Å². The molecule has 0 saturated carbocycles. The number of methoxy groups -OCH3 is 1. The van der Waals surface area contributed by atoms with Crippen LogP contribution in [-0.2, 0) is 21.3 Å². The molecule has 82 valence electrons. The number of ether oxygens (including phenoxy) is 1. The quantitative estimate of drug-likeness (QED) is 0.631. The Labute approximate surface area is 103 Å². The van der Waals surface area contributed by atoms with E-state index in [4.69, 9.17) is 11.6 Å². The third kappa shape index (κ3) is 3.21. The fraction of sp³-hybridized carbons (Fsp3) is 0.364. The van der Waals surface area contributed by atoms with E-state index in [-0.39, 0.29) is 12.4 Å². The van der Waals surface area contributed by atoms with Crippen molar-refractivity contribution in [3.63, 3.8) is 0 Å². The topological polar surface area (TPSA) is 26.3 Å². The van der Waals surface area contributed by atoms with Crippen molar-refractivity contribution in [2.24, 2.45) is 0 Å². The molecule has 0 radical (unpaired) electrons. The van der Waals surface area contributed by atoms with Crippen LogP contribution in [0.15, 0.2) is 12.1 Å². The highest BCUT2D eigenvalue weighted by molar-refractivity contribution is 9.08. The first-order valence-electron chi connectivity index (χ1n) is 4.49. The van der Waals surface area contributed by atoms with Crippen LogP contribution in [0.1, 0.15) is 16.7 Å². The molecule has 0 fully saturated rings. The van der Waals surface area contributed by atoms with Gasteiger partial charge in [0.05, 0.1) is 13.5 Å². The van der Waals surface area contributed by atoms with Gasteiger partial charge in [0.25, 0.3) is 0 Å². The Morgan fingerprint density at radius 1 is 1.53 bits per heavy atom. The molecule has 1 aromatic rings. The first-order valence-corrected chi connectivity index (χ1v) is 5.99. The van der Waals surface area contributed by atoms with E-state index < -0.39 is 0 Å². The molecule has 0 aliphatic carbocycles. The lowest BCUT2D eigenvalue weighted by atomic mass is 10.0. The second kappa shape index (κ2) is 5.52. The van der Waals surface area contributed by atoms with Gasteiger partial charge in [-0.3, -0.25) is 4.79 Å². The van der Waals surface area contributed by atoms with Gasteiger partial charge in [-0.1, -0.05) is 33.6 Å². The lowest BCUT2D eigenvalue weighted by molar-refractivity contribution is -0.139. The Morgan fingerprint density at radius 2 is 2.20 bits per heavy atom. The number of hydrogen-bond acceptors (Lipinski definition) is 2. The third-order valence-electron chi connectivity index (χ3n) is 2.13. The summed E-state index contributed by atoms with van der Waals surface area (Å²) in [7, 11) is 1.38. The van der Waals surface area contributed by atoms with E-state index in [1.807, 2.05) is 19.1 Å². The Bertz CT molecular complexity index is 377. The number of hydrogen-bond donors (Lipinski definition) is 0. The van der Waals surface area contributed by atoms with Gasteiger partial charge in [-0.05, 0) is 29.7 Å². The Hall–Kier alpha value is -0.540. The minimum atomic E-state index is -0.251. The molecule has 0 spiro atoms. The van der Waals surface area contributed by atoms with E-state index in [0.29, 0.717) is 10.4 Å². The second-order valence-electron chi connectivity index (χ2n) is 3.27. The predicted molar refractivity (Wildman–Crippen MR) is 64.5 cm³/mol. The normalized spacial score (nSPS) is 10.1. The average molecular weight is 292 g/mol. The highest BCUT2D eigenvalue weighted by Gasteiger charge is 2.11. The Balaban J connectivity index is 3.09. The van der Waals surface area contributed by atoms with Crippen LogP contribution in [0.2, 0.25) is 5.02 Å². The van der Waals surface area contributed by atoms with Gasteiger partial charge in [-0.15, -0.1) is 0 Å². The Kier molecular flexibility index (Phi) is 4.61. The number of carbonyl (C=O) groups is 1. The summed E-state index contributed by atoms with van der Waals surface area (Å²) in [6, 6.07) is 3.85. The number of benzene rings is 1. The second-order valence-corrected chi connectivity index (χ2v) is 4.24. The van der Waals surface area contributed by atoms with Gasteiger partial charge in [0.1, 0.15) is 0 Å². The highest BCUT2D eigenvalue weighted by atomic mass is 79.9. The summed E-state index contributed by atoms with van der Waals surface area (Å²) in [4.78, 5) is 11.2. The number of esters is 1. The molecule has 1 rings (SSSR count). The number of halogens is 2. The summed E-state index contributed by atoms with van der Waals surface area (Å²) in [5.41, 5.74) is 2.92. The molecule has 0 saturated heterocycles. The first kappa shape index (κ1) is 12.5. The van der Waals surface area contributed by atoms with Crippen LogP contribution in [0.3, 0.4) is 0 Å². The van der Waals surface area contributed by atoms with Crippen molar-refractivity contribution in [3.05, 3.63) is 33.8 Å². The van der Waals surface area contributed by atoms with E-state index in [1.165, 1.54) is 7.11 Å². The number of rotatable bonds is 3. The van der Waals surface area contributed by atoms with Crippen molar-refractivity contribution in [1.82, 2.24) is 0 Å². The molecule has 0 aliphatic rings. The third-order valence-corrected chi connectivity index (χ3v) is 3.03. The van der Waals surface area contributed by atoms with Crippen molar-refractivity contribution in [1.29, 1.82) is 0 Å². The van der Waals surface area contributed by atoms with E-state index in [1.54, 1.807) is 0 Å². The van der Waals surface area contributed by atoms with E-state index in [9.17, 15) is 4.79 Å². The molecule has 0 atom stereocenters. The van der Waals surface area contributed by atoms with Crippen LogP contribution in [0.4, 0.5) is 0 Å². The van der Waals surface area contributed by atoms with E-state index in [0.717, 1.165) is 16.7 Å². The van der Waals surface area contributed by atoms with Gasteiger partial charge in [0, 0.05) is 10.4 Å². The summed E-state index contributed by atoms with van der Waals surface area (Å²) >= 11 is 9.44. The van der Waals surface area contributed by atoms with Crippen LogP contribution < -0.4 is 0 Å². The van der Waals surface area contributed by atoms with Crippen molar-refractivity contribution < 1.29 is 9.53 Å². The van der Waals surface area contributed by atoms with Crippen LogP contribution in [-0.4, -0.2) is 13.1 Å². The van der Waals surface area contributed by atoms with Crippen LogP contribution in [0.25, 0.3) is 0 Å². The fourth-order valence-corrected chi connectivity index (χ4v) is 2.56. The smallest absolute Gasteiger partial charge is 0.309 e. The SMILES string of the molecule is COC(=O)Cc1cc(C)cc(Cl)c1CBr. The molecule has 4 heteroatoms. The number of alkyl halides is 1. The van der Waals surface area contributed by atoms with Crippen molar-refractivity contribution >= 4 is 33.5 Å². The molecule has 2 nitrogen and oxygen atoms in total. The number of aryl methyl sites for hydroxylation is 1. The molecule has 0 aromatic heterocycles. The zero-order valence-corrected chi connectivity index (χ0v) is 11.0. The zero-order chi connectivity index (χ0) is 11.4.